The van der Waals surface area contributed by atoms with Gasteiger partial charge >= 0.3 is 0 Å². The second-order valence-corrected chi connectivity index (χ2v) is 3.29. The molecule has 0 spiro atoms. The van der Waals surface area contributed by atoms with Crippen LogP contribution in [0.4, 0.5) is 0 Å². The Morgan fingerprint density at radius 2 is 2.14 bits per heavy atom. The highest BCUT2D eigenvalue weighted by Gasteiger charge is 2.19. The largest absolute Gasteiger partial charge is 0.327 e. The summed E-state index contributed by atoms with van der Waals surface area (Å²) in [6.07, 6.45) is 3.77. The van der Waals surface area contributed by atoms with Gasteiger partial charge in [0.15, 0.2) is 0 Å². The third-order valence-corrected chi connectivity index (χ3v) is 2.62. The fraction of sp³-hybridized carbons (Fsp3) is 1.00. The maximum Gasteiger partial charge on any atom is 0.0297 e. The molecule has 1 unspecified atom stereocenters. The zero-order valence-corrected chi connectivity index (χ0v) is 5.82. The molecule has 0 aromatic carbocycles. The lowest BCUT2D eigenvalue weighted by Crippen LogP contribution is -2.23. The Kier molecular flexibility index (Phi) is 1.70. The molecular formula is C5H10BrN. The minimum atomic E-state index is 0.431. The smallest absolute Gasteiger partial charge is 0.0297 e. The number of halogens is 1. The van der Waals surface area contributed by atoms with Crippen molar-refractivity contribution in [3.05, 3.63) is 0 Å². The molecule has 0 heterocycles. The van der Waals surface area contributed by atoms with Crippen molar-refractivity contribution in [3.8, 4) is 0 Å². The zero-order chi connectivity index (χ0) is 5.28. The third kappa shape index (κ3) is 1.16. The molecule has 1 nitrogen and oxygen atoms in total. The molecule has 0 saturated heterocycles. The van der Waals surface area contributed by atoms with E-state index in [1.54, 1.807) is 0 Å². The van der Waals surface area contributed by atoms with E-state index in [-0.39, 0.29) is 0 Å². The first-order valence-electron chi connectivity index (χ1n) is 2.70. The van der Waals surface area contributed by atoms with Crippen molar-refractivity contribution in [1.82, 2.24) is 0 Å². The van der Waals surface area contributed by atoms with Crippen molar-refractivity contribution in [2.24, 2.45) is 5.73 Å². The second-order valence-electron chi connectivity index (χ2n) is 2.11. The van der Waals surface area contributed by atoms with Gasteiger partial charge in [0.1, 0.15) is 0 Å². The Labute approximate surface area is 52.4 Å². The van der Waals surface area contributed by atoms with Gasteiger partial charge in [-0.05, 0) is 12.8 Å². The van der Waals surface area contributed by atoms with E-state index in [9.17, 15) is 0 Å². The van der Waals surface area contributed by atoms with Crippen molar-refractivity contribution < 1.29 is 0 Å². The van der Waals surface area contributed by atoms with E-state index in [0.717, 1.165) is 0 Å². The summed E-state index contributed by atoms with van der Waals surface area (Å²) >= 11 is 3.48. The average molecular weight is 164 g/mol. The van der Waals surface area contributed by atoms with E-state index in [0.29, 0.717) is 10.9 Å². The molecule has 2 heteroatoms. The van der Waals surface area contributed by atoms with Crippen LogP contribution < -0.4 is 5.73 Å². The average Bonchev–Trinajstić information content (AvgIpc) is 1.91. The van der Waals surface area contributed by atoms with E-state index in [4.69, 9.17) is 5.73 Å². The Hall–Kier alpha value is 0.440. The standard InChI is InChI=1S/C5H10BrN/c6-4-2-1-3-5(4)7/h4-5H,1-3,7H2/t4?,5-/m1/s1. The van der Waals surface area contributed by atoms with Gasteiger partial charge in [0.2, 0.25) is 0 Å². The topological polar surface area (TPSA) is 26.0 Å². The SMILES string of the molecule is N[C@@H]1CCCC1Br. The first kappa shape index (κ1) is 5.57. The van der Waals surface area contributed by atoms with Crippen LogP contribution >= 0.6 is 15.9 Å². The summed E-state index contributed by atoms with van der Waals surface area (Å²) < 4.78 is 0. The van der Waals surface area contributed by atoms with Crippen molar-refractivity contribution >= 4 is 15.9 Å². The number of nitrogens with two attached hydrogens (primary N) is 1. The molecule has 1 aliphatic carbocycles. The first-order valence-corrected chi connectivity index (χ1v) is 3.62. The van der Waals surface area contributed by atoms with Crippen molar-refractivity contribution in [2.75, 3.05) is 0 Å². The van der Waals surface area contributed by atoms with Gasteiger partial charge in [-0.15, -0.1) is 0 Å². The highest BCUT2D eigenvalue weighted by Crippen LogP contribution is 2.23. The predicted octanol–water partition coefficient (Wildman–Crippen LogP) is 1.26. The summed E-state index contributed by atoms with van der Waals surface area (Å²) in [7, 11) is 0. The molecule has 2 atom stereocenters. The monoisotopic (exact) mass is 163 g/mol. The van der Waals surface area contributed by atoms with Crippen LogP contribution in [0.25, 0.3) is 0 Å². The maximum absolute atomic E-state index is 5.63. The zero-order valence-electron chi connectivity index (χ0n) is 4.23. The van der Waals surface area contributed by atoms with Gasteiger partial charge in [-0.1, -0.05) is 22.4 Å². The van der Waals surface area contributed by atoms with Crippen LogP contribution in [0.1, 0.15) is 19.3 Å². The van der Waals surface area contributed by atoms with Crippen LogP contribution in [0.3, 0.4) is 0 Å². The highest BCUT2D eigenvalue weighted by atomic mass is 79.9. The summed E-state index contributed by atoms with van der Waals surface area (Å²) in [4.78, 5) is 0.604. The molecular weight excluding hydrogens is 154 g/mol. The Balaban J connectivity index is 2.33. The Morgan fingerprint density at radius 1 is 1.43 bits per heavy atom. The Morgan fingerprint density at radius 3 is 2.29 bits per heavy atom. The maximum atomic E-state index is 5.63. The minimum Gasteiger partial charge on any atom is -0.327 e. The van der Waals surface area contributed by atoms with E-state index < -0.39 is 0 Å². The van der Waals surface area contributed by atoms with E-state index in [2.05, 4.69) is 15.9 Å². The van der Waals surface area contributed by atoms with E-state index >= 15 is 0 Å². The van der Waals surface area contributed by atoms with Crippen LogP contribution in [-0.2, 0) is 0 Å². The minimum absolute atomic E-state index is 0.431. The lowest BCUT2D eigenvalue weighted by atomic mass is 10.3. The molecule has 0 aromatic rings. The molecule has 0 radical (unpaired) electrons. The second kappa shape index (κ2) is 2.14. The van der Waals surface area contributed by atoms with Crippen LogP contribution in [0.15, 0.2) is 0 Å². The summed E-state index contributed by atoms with van der Waals surface area (Å²) in [5.74, 6) is 0. The molecule has 1 aliphatic rings. The number of rotatable bonds is 0. The van der Waals surface area contributed by atoms with Crippen LogP contribution in [0.2, 0.25) is 0 Å². The Bertz CT molecular complexity index is 57.1. The van der Waals surface area contributed by atoms with Crippen LogP contribution in [0.5, 0.6) is 0 Å². The lowest BCUT2D eigenvalue weighted by Gasteiger charge is -2.03. The highest BCUT2D eigenvalue weighted by molar-refractivity contribution is 9.09. The lowest BCUT2D eigenvalue weighted by molar-refractivity contribution is 0.722. The summed E-state index contributed by atoms with van der Waals surface area (Å²) in [6.45, 7) is 0. The van der Waals surface area contributed by atoms with E-state index in [1.807, 2.05) is 0 Å². The fourth-order valence-corrected chi connectivity index (χ4v) is 1.53. The van der Waals surface area contributed by atoms with E-state index in [1.165, 1.54) is 19.3 Å². The number of hydrogen-bond acceptors (Lipinski definition) is 1. The molecule has 0 bridgehead atoms. The van der Waals surface area contributed by atoms with Crippen molar-refractivity contribution in [2.45, 2.75) is 30.1 Å². The molecule has 0 amide bonds. The quantitative estimate of drug-likeness (QED) is 0.536. The molecule has 1 rings (SSSR count). The van der Waals surface area contributed by atoms with Gasteiger partial charge in [-0.25, -0.2) is 0 Å². The molecule has 0 aromatic heterocycles. The van der Waals surface area contributed by atoms with Gasteiger partial charge in [-0.3, -0.25) is 0 Å². The van der Waals surface area contributed by atoms with Gasteiger partial charge in [-0.2, -0.15) is 0 Å². The van der Waals surface area contributed by atoms with Gasteiger partial charge < -0.3 is 5.73 Å². The molecule has 0 aliphatic heterocycles. The molecule has 1 fully saturated rings. The molecule has 2 N–H and O–H groups in total. The molecule has 7 heavy (non-hydrogen) atoms. The molecule has 1 saturated carbocycles. The van der Waals surface area contributed by atoms with Gasteiger partial charge in [0.25, 0.3) is 0 Å². The molecule has 42 valence electrons. The summed E-state index contributed by atoms with van der Waals surface area (Å²) in [6, 6.07) is 0.431. The summed E-state index contributed by atoms with van der Waals surface area (Å²) in [5.41, 5.74) is 5.63. The number of hydrogen-bond donors (Lipinski definition) is 1. The number of alkyl halides is 1. The predicted molar refractivity (Wildman–Crippen MR) is 34.5 cm³/mol. The third-order valence-electron chi connectivity index (χ3n) is 1.48. The van der Waals surface area contributed by atoms with Gasteiger partial charge in [0.05, 0.1) is 0 Å². The first-order chi connectivity index (χ1) is 3.30. The normalized spacial score (nSPS) is 42.0. The summed E-state index contributed by atoms with van der Waals surface area (Å²) in [5, 5.41) is 0. The van der Waals surface area contributed by atoms with Crippen molar-refractivity contribution in [1.29, 1.82) is 0 Å². The van der Waals surface area contributed by atoms with Crippen molar-refractivity contribution in [3.63, 3.8) is 0 Å². The van der Waals surface area contributed by atoms with Gasteiger partial charge in [0, 0.05) is 10.9 Å². The van der Waals surface area contributed by atoms with Crippen LogP contribution in [0, 0.1) is 0 Å². The fourth-order valence-electron chi connectivity index (χ4n) is 0.943. The van der Waals surface area contributed by atoms with Crippen LogP contribution in [-0.4, -0.2) is 10.9 Å².